The first kappa shape index (κ1) is 8.23. The smallest absolute Gasteiger partial charge is 0.247 e. The van der Waals surface area contributed by atoms with Gasteiger partial charge in [-0.15, -0.1) is 0 Å². The Balaban J connectivity index is 3.28. The highest BCUT2D eigenvalue weighted by Gasteiger charge is 2.02. The molecule has 0 radical (unpaired) electrons. The Morgan fingerprint density at radius 1 is 1.44 bits per heavy atom. The van der Waals surface area contributed by atoms with Gasteiger partial charge in [0.25, 0.3) is 0 Å². The van der Waals surface area contributed by atoms with Crippen LogP contribution in [0, 0.1) is 0 Å². The molecule has 0 rings (SSSR count). The Morgan fingerprint density at radius 2 is 2.00 bits per heavy atom. The molecule has 0 aromatic rings. The number of rotatable bonds is 1. The lowest BCUT2D eigenvalue weighted by Crippen LogP contribution is -2.04. The van der Waals surface area contributed by atoms with E-state index in [9.17, 15) is 9.59 Å². The monoisotopic (exact) mass is 152 g/mol. The van der Waals surface area contributed by atoms with E-state index in [1.165, 1.54) is 0 Å². The number of halogens is 1. The SMILES string of the molecule is CCC(=O)OOC(=O)Cl. The molecule has 0 amide bonds. The summed E-state index contributed by atoms with van der Waals surface area (Å²) in [5.74, 6) is -0.635. The van der Waals surface area contributed by atoms with Gasteiger partial charge in [-0.2, -0.15) is 0 Å². The standard InChI is InChI=1S/C4H5ClO4/c1-2-3(6)8-9-4(5)7/h2H2,1H3. The minimum atomic E-state index is -1.16. The van der Waals surface area contributed by atoms with Crippen molar-refractivity contribution in [2.45, 2.75) is 13.3 Å². The fraction of sp³-hybridized carbons (Fsp3) is 0.500. The summed E-state index contributed by atoms with van der Waals surface area (Å²) in [6.07, 6.45) is 0.143. The largest absolute Gasteiger partial charge is 0.448 e. The molecule has 4 nitrogen and oxygen atoms in total. The maximum atomic E-state index is 10.2. The summed E-state index contributed by atoms with van der Waals surface area (Å²) < 4.78 is 0. The molecule has 0 atom stereocenters. The summed E-state index contributed by atoms with van der Waals surface area (Å²) in [6.45, 7) is 1.56. The van der Waals surface area contributed by atoms with Crippen LogP contribution in [-0.4, -0.2) is 11.4 Å². The van der Waals surface area contributed by atoms with Gasteiger partial charge in [-0.3, -0.25) is 0 Å². The summed E-state index contributed by atoms with van der Waals surface area (Å²) in [4.78, 5) is 27.4. The van der Waals surface area contributed by atoms with Crippen molar-refractivity contribution < 1.29 is 19.4 Å². The molecule has 0 N–H and O–H groups in total. The number of carbonyl (C=O) groups is 2. The summed E-state index contributed by atoms with van der Waals surface area (Å²) in [6, 6.07) is 0. The van der Waals surface area contributed by atoms with E-state index >= 15 is 0 Å². The van der Waals surface area contributed by atoms with E-state index < -0.39 is 11.4 Å². The summed E-state index contributed by atoms with van der Waals surface area (Å²) in [7, 11) is 0. The first-order chi connectivity index (χ1) is 4.16. The lowest BCUT2D eigenvalue weighted by atomic mass is 10.5. The van der Waals surface area contributed by atoms with Crippen LogP contribution in [0.2, 0.25) is 0 Å². The van der Waals surface area contributed by atoms with Gasteiger partial charge in [-0.1, -0.05) is 6.92 Å². The van der Waals surface area contributed by atoms with Gasteiger partial charge in [-0.25, -0.2) is 19.4 Å². The molecular weight excluding hydrogens is 147 g/mol. The van der Waals surface area contributed by atoms with Crippen molar-refractivity contribution in [2.24, 2.45) is 0 Å². The van der Waals surface area contributed by atoms with Gasteiger partial charge in [-0.05, 0) is 0 Å². The first-order valence-corrected chi connectivity index (χ1v) is 2.61. The van der Waals surface area contributed by atoms with Crippen molar-refractivity contribution in [3.05, 3.63) is 0 Å². The van der Waals surface area contributed by atoms with Crippen LogP contribution in [0.3, 0.4) is 0 Å². The van der Waals surface area contributed by atoms with Gasteiger partial charge in [0.2, 0.25) is 0 Å². The molecule has 0 saturated heterocycles. The molecule has 0 spiro atoms. The van der Waals surface area contributed by atoms with E-state index in [0.29, 0.717) is 0 Å². The molecule has 0 bridgehead atoms. The molecule has 0 aromatic carbocycles. The lowest BCUT2D eigenvalue weighted by molar-refractivity contribution is -0.227. The van der Waals surface area contributed by atoms with Gasteiger partial charge in [0, 0.05) is 18.0 Å². The normalized spacial score (nSPS) is 8.22. The van der Waals surface area contributed by atoms with Gasteiger partial charge >= 0.3 is 11.4 Å². The molecule has 0 aliphatic rings. The highest BCUT2D eigenvalue weighted by Crippen LogP contribution is 1.90. The van der Waals surface area contributed by atoms with Crippen LogP contribution >= 0.6 is 11.6 Å². The average molecular weight is 153 g/mol. The fourth-order valence-corrected chi connectivity index (χ4v) is 0.170. The second kappa shape index (κ2) is 4.14. The van der Waals surface area contributed by atoms with E-state index in [2.05, 4.69) is 21.4 Å². The van der Waals surface area contributed by atoms with Gasteiger partial charge in [0.05, 0.1) is 0 Å². The van der Waals surface area contributed by atoms with Gasteiger partial charge < -0.3 is 0 Å². The fourth-order valence-electron chi connectivity index (χ4n) is 0.138. The molecule has 0 heterocycles. The first-order valence-electron chi connectivity index (χ1n) is 2.23. The van der Waals surface area contributed by atoms with Crippen LogP contribution in [0.15, 0.2) is 0 Å². The molecule has 0 aromatic heterocycles. The van der Waals surface area contributed by atoms with Crippen LogP contribution in [0.5, 0.6) is 0 Å². The zero-order valence-corrected chi connectivity index (χ0v) is 5.47. The zero-order chi connectivity index (χ0) is 7.28. The topological polar surface area (TPSA) is 52.6 Å². The van der Waals surface area contributed by atoms with Crippen LogP contribution < -0.4 is 0 Å². The maximum absolute atomic E-state index is 10.2. The molecular formula is C4H5ClO4. The van der Waals surface area contributed by atoms with Crippen molar-refractivity contribution in [3.8, 4) is 0 Å². The predicted molar refractivity (Wildman–Crippen MR) is 28.7 cm³/mol. The van der Waals surface area contributed by atoms with Crippen LogP contribution in [0.4, 0.5) is 4.79 Å². The van der Waals surface area contributed by atoms with Crippen LogP contribution in [0.25, 0.3) is 0 Å². The third kappa shape index (κ3) is 5.10. The third-order valence-electron chi connectivity index (χ3n) is 0.489. The lowest BCUT2D eigenvalue weighted by Gasteiger charge is -1.94. The Bertz CT molecular complexity index is 122. The summed E-state index contributed by atoms with van der Waals surface area (Å²) >= 11 is 4.64. The second-order valence-electron chi connectivity index (χ2n) is 1.13. The Hall–Kier alpha value is -0.770. The Morgan fingerprint density at radius 3 is 2.33 bits per heavy atom. The van der Waals surface area contributed by atoms with E-state index in [1.807, 2.05) is 0 Å². The van der Waals surface area contributed by atoms with Crippen molar-refractivity contribution >= 4 is 23.0 Å². The van der Waals surface area contributed by atoms with Crippen molar-refractivity contribution in [2.75, 3.05) is 0 Å². The minimum absolute atomic E-state index is 0.143. The van der Waals surface area contributed by atoms with Crippen LogP contribution in [-0.2, 0) is 14.6 Å². The molecule has 0 aliphatic carbocycles. The molecule has 9 heavy (non-hydrogen) atoms. The Kier molecular flexibility index (Phi) is 3.79. The van der Waals surface area contributed by atoms with E-state index in [-0.39, 0.29) is 6.42 Å². The summed E-state index contributed by atoms with van der Waals surface area (Å²) in [5, 5.41) is 0. The van der Waals surface area contributed by atoms with E-state index in [0.717, 1.165) is 0 Å². The minimum Gasteiger partial charge on any atom is -0.247 e. The van der Waals surface area contributed by atoms with Crippen LogP contribution in [0.1, 0.15) is 13.3 Å². The quantitative estimate of drug-likeness (QED) is 0.322. The highest BCUT2D eigenvalue weighted by molar-refractivity contribution is 6.61. The second-order valence-corrected chi connectivity index (χ2v) is 1.44. The van der Waals surface area contributed by atoms with Crippen molar-refractivity contribution in [1.29, 1.82) is 0 Å². The molecule has 0 aliphatic heterocycles. The van der Waals surface area contributed by atoms with E-state index in [1.54, 1.807) is 6.92 Å². The highest BCUT2D eigenvalue weighted by atomic mass is 35.5. The third-order valence-corrected chi connectivity index (χ3v) is 0.552. The Labute approximate surface area is 56.6 Å². The number of hydrogen-bond acceptors (Lipinski definition) is 4. The zero-order valence-electron chi connectivity index (χ0n) is 4.72. The summed E-state index contributed by atoms with van der Waals surface area (Å²) in [5.41, 5.74) is -1.16. The molecule has 0 unspecified atom stereocenters. The van der Waals surface area contributed by atoms with Crippen molar-refractivity contribution in [1.82, 2.24) is 0 Å². The number of carbonyl (C=O) groups excluding carboxylic acids is 2. The van der Waals surface area contributed by atoms with Gasteiger partial charge in [0.1, 0.15) is 0 Å². The predicted octanol–water partition coefficient (Wildman–Crippen LogP) is 1.23. The average Bonchev–Trinajstić information content (AvgIpc) is 1.83. The van der Waals surface area contributed by atoms with Gasteiger partial charge in [0.15, 0.2) is 0 Å². The molecule has 52 valence electrons. The van der Waals surface area contributed by atoms with E-state index in [4.69, 9.17) is 0 Å². The molecule has 5 heteroatoms. The molecule has 0 saturated carbocycles. The maximum Gasteiger partial charge on any atom is 0.448 e. The van der Waals surface area contributed by atoms with Crippen molar-refractivity contribution in [3.63, 3.8) is 0 Å². The molecule has 0 fully saturated rings. The number of hydrogen-bond donors (Lipinski definition) is 0.